The highest BCUT2D eigenvalue weighted by atomic mass is 15.1. The second-order valence-corrected chi connectivity index (χ2v) is 11.5. The van der Waals surface area contributed by atoms with E-state index in [1.54, 1.807) is 6.07 Å². The van der Waals surface area contributed by atoms with Gasteiger partial charge in [0.05, 0.1) is 27.7 Å². The Kier molecular flexibility index (Phi) is 5.29. The van der Waals surface area contributed by atoms with Crippen LogP contribution in [0.2, 0.25) is 0 Å². The van der Waals surface area contributed by atoms with Crippen LogP contribution in [0.4, 0.5) is 0 Å². The minimum Gasteiger partial charge on any atom is -0.309 e. The third-order valence-corrected chi connectivity index (χ3v) is 8.54. The fourth-order valence-corrected chi connectivity index (χ4v) is 6.17. The lowest BCUT2D eigenvalue weighted by Gasteiger charge is -2.16. The zero-order chi connectivity index (χ0) is 39.5. The molecule has 9 rings (SSSR count). The molecule has 4 heteroatoms. The van der Waals surface area contributed by atoms with E-state index in [0.717, 1.165) is 33.4 Å². The second kappa shape index (κ2) is 12.2. The first-order valence-electron chi connectivity index (χ1n) is 19.8. The van der Waals surface area contributed by atoms with E-state index in [9.17, 15) is 0 Å². The Balaban J connectivity index is 1.40. The van der Waals surface area contributed by atoms with Gasteiger partial charge in [-0.3, -0.25) is 0 Å². The number of rotatable bonds is 6. The summed E-state index contributed by atoms with van der Waals surface area (Å²) in [5.41, 5.74) is 6.08. The van der Waals surface area contributed by atoms with Crippen molar-refractivity contribution in [1.82, 2.24) is 19.5 Å². The highest BCUT2D eigenvalue weighted by molar-refractivity contribution is 6.09. The van der Waals surface area contributed by atoms with Crippen LogP contribution in [-0.2, 0) is 0 Å². The third kappa shape index (κ3) is 5.26. The van der Waals surface area contributed by atoms with E-state index >= 15 is 0 Å². The molecule has 0 aliphatic rings. The zero-order valence-corrected chi connectivity index (χ0v) is 26.0. The maximum atomic E-state index is 9.16. The van der Waals surface area contributed by atoms with Crippen molar-refractivity contribution in [3.05, 3.63) is 182 Å². The van der Waals surface area contributed by atoms with Gasteiger partial charge in [0.15, 0.2) is 17.5 Å². The van der Waals surface area contributed by atoms with Crippen molar-refractivity contribution in [2.45, 2.75) is 0 Å². The number of para-hydroxylation sites is 2. The van der Waals surface area contributed by atoms with Crippen LogP contribution in [0.1, 0.15) is 11.0 Å². The highest BCUT2D eigenvalue weighted by Crippen LogP contribution is 2.38. The predicted molar refractivity (Wildman–Crippen MR) is 201 cm³/mol. The van der Waals surface area contributed by atoms with Crippen molar-refractivity contribution < 1.29 is 11.0 Å². The molecule has 0 saturated carbocycles. The average Bonchev–Trinajstić information content (AvgIpc) is 3.63. The van der Waals surface area contributed by atoms with Crippen molar-refractivity contribution in [2.24, 2.45) is 0 Å². The van der Waals surface area contributed by atoms with Crippen molar-refractivity contribution in [1.29, 1.82) is 0 Å². The van der Waals surface area contributed by atoms with E-state index in [0.29, 0.717) is 22.9 Å². The first-order chi connectivity index (χ1) is 27.6. The van der Waals surface area contributed by atoms with Gasteiger partial charge in [-0.2, -0.15) is 0 Å². The molecule has 0 unspecified atom stereocenters. The zero-order valence-electron chi connectivity index (χ0n) is 34.0. The Morgan fingerprint density at radius 1 is 0.388 bits per heavy atom. The van der Waals surface area contributed by atoms with E-state index in [1.807, 2.05) is 127 Å². The molecule has 0 spiro atoms. The van der Waals surface area contributed by atoms with Crippen molar-refractivity contribution in [2.75, 3.05) is 0 Å². The molecule has 9 aromatic rings. The number of hydrogen-bond acceptors (Lipinski definition) is 3. The second-order valence-electron chi connectivity index (χ2n) is 11.5. The maximum Gasteiger partial charge on any atom is 0.166 e. The quantitative estimate of drug-likeness (QED) is 0.183. The van der Waals surface area contributed by atoms with Crippen LogP contribution in [0, 0.1) is 0 Å². The van der Waals surface area contributed by atoms with Gasteiger partial charge in [0, 0.05) is 27.5 Å². The molecule has 0 fully saturated rings. The normalized spacial score (nSPS) is 13.6. The number of fused-ring (bicyclic) bond motifs is 3. The number of hydrogen-bond donors (Lipinski definition) is 0. The van der Waals surface area contributed by atoms with E-state index < -0.39 is 48.3 Å². The molecule has 4 nitrogen and oxygen atoms in total. The van der Waals surface area contributed by atoms with E-state index in [-0.39, 0.29) is 27.6 Å². The van der Waals surface area contributed by atoms with Gasteiger partial charge in [-0.05, 0) is 46.5 Å². The van der Waals surface area contributed by atoms with Crippen LogP contribution in [0.5, 0.6) is 0 Å². The fourth-order valence-electron chi connectivity index (χ4n) is 6.17. The molecule has 0 bridgehead atoms. The van der Waals surface area contributed by atoms with Gasteiger partial charge in [0.1, 0.15) is 0 Å². The largest absolute Gasteiger partial charge is 0.309 e. The molecule has 49 heavy (non-hydrogen) atoms. The summed E-state index contributed by atoms with van der Waals surface area (Å²) in [6, 6.07) is 39.1. The summed E-state index contributed by atoms with van der Waals surface area (Å²) in [5.74, 6) is 1.04. The van der Waals surface area contributed by atoms with Crippen LogP contribution in [-0.4, -0.2) is 19.5 Å². The van der Waals surface area contributed by atoms with E-state index in [2.05, 4.69) is 0 Å². The monoisotopic (exact) mass is 634 g/mol. The van der Waals surface area contributed by atoms with Crippen LogP contribution in [0.15, 0.2) is 182 Å². The summed E-state index contributed by atoms with van der Waals surface area (Å²) in [5, 5.41) is -0.0275. The number of nitrogens with zero attached hydrogens (tertiary/aromatic N) is 4. The fraction of sp³-hybridized carbons (Fsp3) is 0. The first kappa shape index (κ1) is 21.3. The Morgan fingerprint density at radius 3 is 1.33 bits per heavy atom. The molecule has 0 aliphatic heterocycles. The molecule has 7 aromatic carbocycles. The summed E-state index contributed by atoms with van der Waals surface area (Å²) in [7, 11) is 0. The molecule has 0 atom stereocenters. The van der Waals surface area contributed by atoms with Gasteiger partial charge in [0.2, 0.25) is 0 Å². The summed E-state index contributed by atoms with van der Waals surface area (Å²) < 4.78 is 72.2. The van der Waals surface area contributed by atoms with Crippen LogP contribution < -0.4 is 0 Å². The van der Waals surface area contributed by atoms with Crippen LogP contribution >= 0.6 is 0 Å². The lowest BCUT2D eigenvalue weighted by Crippen LogP contribution is -2.04. The SMILES string of the molecule is [2H]c1c([2H])c([2H])c2c(c1[2H])c1c([2H])c([2H])c([2H])c([2H])c1n2-c1ccc(-c2ccc(-c3ccccc3)cc2)cc1-c1nc(-c2ccccc2)nc(-c2ccccc2)n1. The minimum absolute atomic E-state index is 0.00448. The average molecular weight is 635 g/mol. The Hall–Kier alpha value is -6.65. The molecule has 0 radical (unpaired) electrons. The van der Waals surface area contributed by atoms with Gasteiger partial charge < -0.3 is 4.57 Å². The highest BCUT2D eigenvalue weighted by Gasteiger charge is 2.20. The molecule has 0 saturated heterocycles. The van der Waals surface area contributed by atoms with E-state index in [1.165, 1.54) is 4.57 Å². The molecule has 0 amide bonds. The lowest BCUT2D eigenvalue weighted by molar-refractivity contribution is 1.06. The standard InChI is InChI=1S/C45H30N4/c1-4-14-31(15-5-1)32-24-26-33(27-25-32)36-28-29-42(49-40-22-12-10-20-37(40)38-21-11-13-23-41(38)49)39(30-36)45-47-43(34-16-6-2-7-17-34)46-44(48-45)35-18-8-3-9-19-35/h1-30H/i10D,11D,12D,13D,20D,21D,22D,23D. The summed E-state index contributed by atoms with van der Waals surface area (Å²) in [6.45, 7) is 0. The molecule has 230 valence electrons. The minimum atomic E-state index is -0.508. The first-order valence-corrected chi connectivity index (χ1v) is 15.8. The van der Waals surface area contributed by atoms with Crippen molar-refractivity contribution in [3.63, 3.8) is 0 Å². The summed E-state index contributed by atoms with van der Waals surface area (Å²) in [4.78, 5) is 14.9. The van der Waals surface area contributed by atoms with Gasteiger partial charge in [-0.15, -0.1) is 0 Å². The molecule has 2 aromatic heterocycles. The Labute approximate surface area is 295 Å². The van der Waals surface area contributed by atoms with Gasteiger partial charge in [-0.1, -0.05) is 158 Å². The topological polar surface area (TPSA) is 43.6 Å². The van der Waals surface area contributed by atoms with Crippen LogP contribution in [0.3, 0.4) is 0 Å². The number of aromatic nitrogens is 4. The van der Waals surface area contributed by atoms with Gasteiger partial charge >= 0.3 is 0 Å². The predicted octanol–water partition coefficient (Wildman–Crippen LogP) is 11.3. The maximum absolute atomic E-state index is 9.16. The summed E-state index contributed by atoms with van der Waals surface area (Å²) >= 11 is 0. The summed E-state index contributed by atoms with van der Waals surface area (Å²) in [6.07, 6.45) is 0. The van der Waals surface area contributed by atoms with Crippen LogP contribution in [0.25, 0.3) is 83.9 Å². The molecule has 2 heterocycles. The van der Waals surface area contributed by atoms with Gasteiger partial charge in [-0.25, -0.2) is 15.0 Å². The Bertz CT molecular complexity index is 2890. The third-order valence-electron chi connectivity index (χ3n) is 8.54. The van der Waals surface area contributed by atoms with Crippen molar-refractivity contribution >= 4 is 21.8 Å². The van der Waals surface area contributed by atoms with E-state index in [4.69, 9.17) is 25.9 Å². The smallest absolute Gasteiger partial charge is 0.166 e. The lowest BCUT2D eigenvalue weighted by atomic mass is 9.98. The molecular weight excluding hydrogens is 597 g/mol. The Morgan fingerprint density at radius 2 is 0.796 bits per heavy atom. The molecule has 0 aliphatic carbocycles. The number of benzene rings is 7. The van der Waals surface area contributed by atoms with Gasteiger partial charge in [0.25, 0.3) is 0 Å². The molecule has 0 N–H and O–H groups in total. The molecular formula is C45H30N4. The van der Waals surface area contributed by atoms with Crippen molar-refractivity contribution in [3.8, 4) is 62.1 Å².